The summed E-state index contributed by atoms with van der Waals surface area (Å²) in [6.45, 7) is 1.40. The van der Waals surface area contributed by atoms with Crippen LogP contribution in [0.25, 0.3) is 0 Å². The number of hydrogen-bond acceptors (Lipinski definition) is 7. The second-order valence-corrected chi connectivity index (χ2v) is 6.90. The molecule has 0 aromatic heterocycles. The van der Waals surface area contributed by atoms with Crippen molar-refractivity contribution in [3.63, 3.8) is 0 Å². The van der Waals surface area contributed by atoms with Crippen molar-refractivity contribution in [2.75, 3.05) is 30.8 Å². The highest BCUT2D eigenvalue weighted by atomic mass is 32.2. The van der Waals surface area contributed by atoms with Crippen LogP contribution in [0.2, 0.25) is 0 Å². The zero-order valence-corrected chi connectivity index (χ0v) is 15.6. The molecule has 0 unspecified atom stereocenters. The molecule has 1 aromatic rings. The molecule has 0 saturated carbocycles. The van der Waals surface area contributed by atoms with Gasteiger partial charge in [0, 0.05) is 25.7 Å². The van der Waals surface area contributed by atoms with E-state index in [-0.39, 0.29) is 30.5 Å². The first-order chi connectivity index (χ1) is 12.4. The Morgan fingerprint density at radius 2 is 2.12 bits per heavy atom. The van der Waals surface area contributed by atoms with Gasteiger partial charge in [-0.05, 0) is 18.2 Å². The highest BCUT2D eigenvalue weighted by Crippen LogP contribution is 2.18. The molecule has 26 heavy (non-hydrogen) atoms. The second-order valence-electron chi connectivity index (χ2n) is 5.29. The summed E-state index contributed by atoms with van der Waals surface area (Å²) in [5.41, 5.74) is 0.676. The Hall–Kier alpha value is -2.46. The lowest BCUT2D eigenvalue weighted by atomic mass is 10.2. The van der Waals surface area contributed by atoms with Gasteiger partial charge in [-0.3, -0.25) is 19.3 Å². The largest absolute Gasteiger partial charge is 0.452 e. The molecule has 0 bridgehead atoms. The van der Waals surface area contributed by atoms with Gasteiger partial charge < -0.3 is 15.4 Å². The molecule has 2 N–H and O–H groups in total. The van der Waals surface area contributed by atoms with E-state index in [1.807, 2.05) is 0 Å². The van der Waals surface area contributed by atoms with E-state index in [1.54, 1.807) is 12.1 Å². The van der Waals surface area contributed by atoms with Crippen molar-refractivity contribution >= 4 is 57.7 Å². The number of hydrogen-bond donors (Lipinski definition) is 2. The second kappa shape index (κ2) is 9.30. The van der Waals surface area contributed by atoms with Crippen LogP contribution in [0.15, 0.2) is 24.3 Å². The topological polar surface area (TPSA) is 105 Å². The highest BCUT2D eigenvalue weighted by molar-refractivity contribution is 8.23. The van der Waals surface area contributed by atoms with E-state index in [0.29, 0.717) is 15.8 Å². The van der Waals surface area contributed by atoms with E-state index >= 15 is 0 Å². The first kappa shape index (κ1) is 19.9. The first-order valence-electron chi connectivity index (χ1n) is 7.65. The van der Waals surface area contributed by atoms with E-state index in [2.05, 4.69) is 10.6 Å². The lowest BCUT2D eigenvalue weighted by Crippen LogP contribution is -2.38. The number of thioether (sulfide) groups is 1. The summed E-state index contributed by atoms with van der Waals surface area (Å²) in [7, 11) is 0. The van der Waals surface area contributed by atoms with Gasteiger partial charge in [0.25, 0.3) is 5.91 Å². The summed E-state index contributed by atoms with van der Waals surface area (Å²) in [6.07, 6.45) is 0. The Labute approximate surface area is 159 Å². The number of ether oxygens (including phenoxy) is 1. The van der Waals surface area contributed by atoms with Crippen molar-refractivity contribution in [2.24, 2.45) is 0 Å². The standard InChI is InChI=1S/C16H17N3O5S2/c1-10(20)18-12-4-2-3-11(7-12)15(23)24-8-13(21)17-5-6-19-14(22)9-26-16(19)25/h2-4,7H,5-6,8-9H2,1H3,(H,17,21)(H,18,20). The quantitative estimate of drug-likeness (QED) is 0.519. The molecule has 0 spiro atoms. The number of benzene rings is 1. The third kappa shape index (κ3) is 5.81. The molecule has 138 valence electrons. The number of thiocarbonyl (C=S) groups is 1. The third-order valence-corrected chi connectivity index (χ3v) is 4.68. The number of nitrogens with zero attached hydrogens (tertiary/aromatic N) is 1. The van der Waals surface area contributed by atoms with Crippen LogP contribution >= 0.6 is 24.0 Å². The molecule has 10 heteroatoms. The number of nitrogens with one attached hydrogen (secondary N) is 2. The molecule has 2 rings (SSSR count). The average molecular weight is 395 g/mol. The molecule has 8 nitrogen and oxygen atoms in total. The van der Waals surface area contributed by atoms with E-state index in [4.69, 9.17) is 17.0 Å². The Morgan fingerprint density at radius 3 is 2.77 bits per heavy atom. The van der Waals surface area contributed by atoms with Crippen molar-refractivity contribution in [3.05, 3.63) is 29.8 Å². The van der Waals surface area contributed by atoms with E-state index in [1.165, 1.54) is 35.7 Å². The minimum absolute atomic E-state index is 0.0836. The molecule has 0 radical (unpaired) electrons. The Kier molecular flexibility index (Phi) is 7.10. The predicted octanol–water partition coefficient (Wildman–Crippen LogP) is 0.778. The zero-order chi connectivity index (χ0) is 19.1. The molecular weight excluding hydrogens is 378 g/mol. The summed E-state index contributed by atoms with van der Waals surface area (Å²) >= 11 is 6.32. The SMILES string of the molecule is CC(=O)Nc1cccc(C(=O)OCC(=O)NCCN2C(=O)CSC2=S)c1. The summed E-state index contributed by atoms with van der Waals surface area (Å²) in [6, 6.07) is 6.20. The van der Waals surface area contributed by atoms with Crippen LogP contribution < -0.4 is 10.6 Å². The molecule has 3 amide bonds. The Morgan fingerprint density at radius 1 is 1.35 bits per heavy atom. The van der Waals surface area contributed by atoms with Crippen LogP contribution in [0.1, 0.15) is 17.3 Å². The lowest BCUT2D eigenvalue weighted by molar-refractivity contribution is -0.126. The van der Waals surface area contributed by atoms with Crippen LogP contribution in [0.5, 0.6) is 0 Å². The van der Waals surface area contributed by atoms with Gasteiger partial charge in [0.1, 0.15) is 4.32 Å². The van der Waals surface area contributed by atoms with Crippen LogP contribution in [-0.4, -0.2) is 58.4 Å². The highest BCUT2D eigenvalue weighted by Gasteiger charge is 2.25. The fourth-order valence-corrected chi connectivity index (χ4v) is 3.22. The molecule has 1 saturated heterocycles. The molecule has 1 aliphatic heterocycles. The van der Waals surface area contributed by atoms with Gasteiger partial charge in [0.05, 0.1) is 11.3 Å². The number of anilines is 1. The summed E-state index contributed by atoms with van der Waals surface area (Å²) < 4.78 is 5.44. The fraction of sp³-hybridized carbons (Fsp3) is 0.312. The number of esters is 1. The van der Waals surface area contributed by atoms with Gasteiger partial charge in [-0.25, -0.2) is 4.79 Å². The van der Waals surface area contributed by atoms with Crippen molar-refractivity contribution in [3.8, 4) is 0 Å². The maximum Gasteiger partial charge on any atom is 0.338 e. The molecule has 1 fully saturated rings. The van der Waals surface area contributed by atoms with Crippen molar-refractivity contribution < 1.29 is 23.9 Å². The molecule has 1 aromatic carbocycles. The number of rotatable bonds is 7. The molecule has 1 aliphatic rings. The van der Waals surface area contributed by atoms with Crippen molar-refractivity contribution in [2.45, 2.75) is 6.92 Å². The molecule has 1 heterocycles. The summed E-state index contributed by atoms with van der Waals surface area (Å²) in [5.74, 6) is -1.19. The fourth-order valence-electron chi connectivity index (χ4n) is 2.10. The van der Waals surface area contributed by atoms with Gasteiger partial charge in [-0.2, -0.15) is 0 Å². The van der Waals surface area contributed by atoms with E-state index < -0.39 is 18.5 Å². The molecular formula is C16H17N3O5S2. The van der Waals surface area contributed by atoms with Gasteiger partial charge in [-0.15, -0.1) is 0 Å². The summed E-state index contributed by atoms with van der Waals surface area (Å²) in [5, 5.41) is 5.12. The lowest BCUT2D eigenvalue weighted by Gasteiger charge is -2.15. The average Bonchev–Trinajstić information content (AvgIpc) is 2.91. The summed E-state index contributed by atoms with van der Waals surface area (Å²) in [4.78, 5) is 47.7. The van der Waals surface area contributed by atoms with Crippen molar-refractivity contribution in [1.29, 1.82) is 0 Å². The minimum Gasteiger partial charge on any atom is -0.452 e. The number of amides is 3. The Bertz CT molecular complexity index is 737. The monoisotopic (exact) mass is 395 g/mol. The van der Waals surface area contributed by atoms with Crippen LogP contribution in [0.3, 0.4) is 0 Å². The molecule has 0 atom stereocenters. The Balaban J connectivity index is 1.74. The smallest absolute Gasteiger partial charge is 0.338 e. The number of carbonyl (C=O) groups is 4. The minimum atomic E-state index is -0.681. The van der Waals surface area contributed by atoms with Crippen LogP contribution in [-0.2, 0) is 19.1 Å². The molecule has 0 aliphatic carbocycles. The maximum absolute atomic E-state index is 12.0. The van der Waals surface area contributed by atoms with Gasteiger partial charge in [0.15, 0.2) is 6.61 Å². The van der Waals surface area contributed by atoms with Gasteiger partial charge >= 0.3 is 5.97 Å². The van der Waals surface area contributed by atoms with E-state index in [0.717, 1.165) is 0 Å². The van der Waals surface area contributed by atoms with Gasteiger partial charge in [-0.1, -0.05) is 30.0 Å². The van der Waals surface area contributed by atoms with Gasteiger partial charge in [0.2, 0.25) is 11.8 Å². The van der Waals surface area contributed by atoms with Crippen LogP contribution in [0.4, 0.5) is 5.69 Å². The predicted molar refractivity (Wildman–Crippen MR) is 101 cm³/mol. The van der Waals surface area contributed by atoms with Crippen molar-refractivity contribution in [1.82, 2.24) is 10.2 Å². The normalized spacial score (nSPS) is 13.5. The van der Waals surface area contributed by atoms with E-state index in [9.17, 15) is 19.2 Å². The van der Waals surface area contributed by atoms with Crippen LogP contribution in [0, 0.1) is 0 Å². The zero-order valence-electron chi connectivity index (χ0n) is 13.9. The third-order valence-electron chi connectivity index (χ3n) is 3.25. The first-order valence-corrected chi connectivity index (χ1v) is 9.05. The maximum atomic E-state index is 12.0. The number of carbonyl (C=O) groups excluding carboxylic acids is 4.